The number of amidine groups is 1. The van der Waals surface area contributed by atoms with Gasteiger partial charge < -0.3 is 26.0 Å². The fourth-order valence-electron chi connectivity index (χ4n) is 4.46. The first-order valence-corrected chi connectivity index (χ1v) is 13.2. The molecule has 0 aliphatic carbocycles. The van der Waals surface area contributed by atoms with Crippen molar-refractivity contribution in [3.63, 3.8) is 0 Å². The first-order valence-electron chi connectivity index (χ1n) is 12.4. The highest BCUT2D eigenvalue weighted by molar-refractivity contribution is 7.10. The number of likely N-dealkylation sites (tertiary alicyclic amines) is 1. The van der Waals surface area contributed by atoms with Gasteiger partial charge in [-0.3, -0.25) is 19.8 Å². The van der Waals surface area contributed by atoms with Crippen molar-refractivity contribution in [3.05, 3.63) is 82.0 Å². The van der Waals surface area contributed by atoms with Gasteiger partial charge in [0, 0.05) is 21.9 Å². The highest BCUT2D eigenvalue weighted by Gasteiger charge is 2.42. The summed E-state index contributed by atoms with van der Waals surface area (Å²) in [6, 6.07) is 16.9. The molecular weight excluding hydrogens is 502 g/mol. The van der Waals surface area contributed by atoms with Crippen LogP contribution in [0.4, 0.5) is 0 Å². The zero-order valence-electron chi connectivity index (χ0n) is 21.3. The highest BCUT2D eigenvalue weighted by Crippen LogP contribution is 2.30. The van der Waals surface area contributed by atoms with Crippen LogP contribution >= 0.6 is 11.3 Å². The zero-order chi connectivity index (χ0) is 27.2. The summed E-state index contributed by atoms with van der Waals surface area (Å²) in [4.78, 5) is 41.7. The molecular formula is C28H31N5O4S. The quantitative estimate of drug-likeness (QED) is 0.246. The minimum Gasteiger partial charge on any atom is -0.457 e. The normalized spacial score (nSPS) is 18.6. The van der Waals surface area contributed by atoms with Crippen LogP contribution < -0.4 is 21.1 Å². The van der Waals surface area contributed by atoms with Gasteiger partial charge in [-0.05, 0) is 49.6 Å². The van der Waals surface area contributed by atoms with Crippen LogP contribution in [0.3, 0.4) is 0 Å². The lowest BCUT2D eigenvalue weighted by Gasteiger charge is -2.28. The van der Waals surface area contributed by atoms with Crippen LogP contribution in [0.2, 0.25) is 0 Å². The van der Waals surface area contributed by atoms with E-state index in [-0.39, 0.29) is 42.7 Å². The Balaban J connectivity index is 1.38. The van der Waals surface area contributed by atoms with Crippen LogP contribution in [0.15, 0.2) is 66.0 Å². The Morgan fingerprint density at radius 1 is 1.08 bits per heavy atom. The van der Waals surface area contributed by atoms with Crippen LogP contribution in [-0.4, -0.2) is 47.1 Å². The molecule has 0 bridgehead atoms. The summed E-state index contributed by atoms with van der Waals surface area (Å²) < 4.78 is 5.87. The van der Waals surface area contributed by atoms with Gasteiger partial charge in [0.1, 0.15) is 23.4 Å². The number of benzene rings is 2. The summed E-state index contributed by atoms with van der Waals surface area (Å²) in [6.07, 6.45) is 0.531. The number of rotatable bonds is 9. The second-order valence-electron chi connectivity index (χ2n) is 9.30. The summed E-state index contributed by atoms with van der Waals surface area (Å²) in [5.41, 5.74) is 6.44. The monoisotopic (exact) mass is 533 g/mol. The maximum absolute atomic E-state index is 13.2. The van der Waals surface area contributed by atoms with Crippen molar-refractivity contribution >= 4 is 34.9 Å². The molecule has 0 saturated carbocycles. The standard InChI is InChI=1S/C28H31N5O4S/c1-17-12-23(28(36)31-14-21-13-19(16-38-21)26(29)30)33(18(17)2)25(34)15-32-27(35)22-10-6-7-11-24(22)37-20-8-4-3-5-9-20/h3-11,13,16-18,23H,12,14-15H2,1-2H3,(H3,29,30)(H,31,36)(H,32,35)/t17-,18?,23?/m0/s1. The lowest BCUT2D eigenvalue weighted by molar-refractivity contribution is -0.139. The minimum atomic E-state index is -0.634. The third-order valence-corrected chi connectivity index (χ3v) is 7.62. The maximum Gasteiger partial charge on any atom is 0.255 e. The van der Waals surface area contributed by atoms with E-state index in [0.717, 1.165) is 4.88 Å². The largest absolute Gasteiger partial charge is 0.457 e. The third kappa shape index (κ3) is 6.20. The molecule has 3 amide bonds. The molecule has 2 aromatic carbocycles. The number of nitrogens with zero attached hydrogens (tertiary/aromatic N) is 1. The number of nitrogens with one attached hydrogen (secondary N) is 3. The molecule has 0 spiro atoms. The molecule has 9 nitrogen and oxygen atoms in total. The number of thiophene rings is 1. The fraction of sp³-hybridized carbons (Fsp3) is 0.286. The molecule has 3 aromatic rings. The first kappa shape index (κ1) is 26.9. The molecule has 2 unspecified atom stereocenters. The predicted octanol–water partition coefficient (Wildman–Crippen LogP) is 3.50. The van der Waals surface area contributed by atoms with Crippen molar-refractivity contribution in [2.75, 3.05) is 6.54 Å². The van der Waals surface area contributed by atoms with Crippen molar-refractivity contribution in [2.24, 2.45) is 11.7 Å². The number of hydrogen-bond donors (Lipinski definition) is 4. The molecule has 5 N–H and O–H groups in total. The smallest absolute Gasteiger partial charge is 0.255 e. The molecule has 1 aromatic heterocycles. The van der Waals surface area contributed by atoms with Gasteiger partial charge in [0.2, 0.25) is 11.8 Å². The van der Waals surface area contributed by atoms with Gasteiger partial charge >= 0.3 is 0 Å². The lowest BCUT2D eigenvalue weighted by atomic mass is 10.0. The Morgan fingerprint density at radius 2 is 1.79 bits per heavy atom. The van der Waals surface area contributed by atoms with Crippen LogP contribution in [0.1, 0.15) is 41.1 Å². The second-order valence-corrected chi connectivity index (χ2v) is 10.3. The van der Waals surface area contributed by atoms with E-state index in [1.165, 1.54) is 11.3 Å². The highest BCUT2D eigenvalue weighted by atomic mass is 32.1. The van der Waals surface area contributed by atoms with Crippen LogP contribution in [0.5, 0.6) is 11.5 Å². The van der Waals surface area contributed by atoms with Crippen LogP contribution in [-0.2, 0) is 16.1 Å². The number of nitrogens with two attached hydrogens (primary N) is 1. The molecule has 38 heavy (non-hydrogen) atoms. The van der Waals surface area contributed by atoms with E-state index in [9.17, 15) is 14.4 Å². The van der Waals surface area contributed by atoms with Crippen LogP contribution in [0.25, 0.3) is 0 Å². The van der Waals surface area contributed by atoms with E-state index in [4.69, 9.17) is 15.9 Å². The van der Waals surface area contributed by atoms with Crippen LogP contribution in [0, 0.1) is 11.3 Å². The van der Waals surface area contributed by atoms with E-state index in [2.05, 4.69) is 10.6 Å². The average Bonchev–Trinajstić information content (AvgIpc) is 3.51. The van der Waals surface area contributed by atoms with Crippen molar-refractivity contribution in [3.8, 4) is 11.5 Å². The molecule has 4 rings (SSSR count). The van der Waals surface area contributed by atoms with E-state index in [1.807, 2.05) is 32.0 Å². The molecule has 198 valence electrons. The number of nitrogen functional groups attached to an aromatic ring is 1. The van der Waals surface area contributed by atoms with Gasteiger partial charge in [0.15, 0.2) is 0 Å². The average molecular weight is 534 g/mol. The van der Waals surface area contributed by atoms with Gasteiger partial charge in [0.05, 0.1) is 18.7 Å². The Bertz CT molecular complexity index is 1330. The van der Waals surface area contributed by atoms with Crippen molar-refractivity contribution in [2.45, 2.75) is 38.9 Å². The number of carbonyl (C=O) groups excluding carboxylic acids is 3. The lowest BCUT2D eigenvalue weighted by Crippen LogP contribution is -2.51. The van der Waals surface area contributed by atoms with Crippen molar-refractivity contribution in [1.82, 2.24) is 15.5 Å². The molecule has 3 atom stereocenters. The molecule has 1 saturated heterocycles. The van der Waals surface area contributed by atoms with Gasteiger partial charge in [-0.2, -0.15) is 0 Å². The summed E-state index contributed by atoms with van der Waals surface area (Å²) in [6.45, 7) is 3.96. The predicted molar refractivity (Wildman–Crippen MR) is 146 cm³/mol. The Kier molecular flexibility index (Phi) is 8.42. The second kappa shape index (κ2) is 11.9. The Labute approximate surface area is 225 Å². The van der Waals surface area contributed by atoms with Gasteiger partial charge in [-0.15, -0.1) is 11.3 Å². The first-order chi connectivity index (χ1) is 18.2. The Morgan fingerprint density at radius 3 is 2.50 bits per heavy atom. The van der Waals surface area contributed by atoms with Gasteiger partial charge in [-0.1, -0.05) is 37.3 Å². The van der Waals surface area contributed by atoms with E-state index in [1.54, 1.807) is 52.7 Å². The molecule has 10 heteroatoms. The number of hydrogen-bond acceptors (Lipinski definition) is 6. The maximum atomic E-state index is 13.2. The SMILES string of the molecule is CC1[C@@H](C)CC(C(=O)NCc2cc(C(=N)N)cs2)N1C(=O)CNC(=O)c1ccccc1Oc1ccccc1. The molecule has 0 radical (unpaired) electrons. The topological polar surface area (TPSA) is 138 Å². The van der Waals surface area contributed by atoms with E-state index >= 15 is 0 Å². The van der Waals surface area contributed by atoms with Gasteiger partial charge in [-0.25, -0.2) is 0 Å². The van der Waals surface area contributed by atoms with E-state index in [0.29, 0.717) is 29.0 Å². The number of amides is 3. The number of para-hydroxylation sites is 2. The number of ether oxygens (including phenoxy) is 1. The molecule has 2 heterocycles. The molecule has 1 aliphatic heterocycles. The minimum absolute atomic E-state index is 0.0228. The summed E-state index contributed by atoms with van der Waals surface area (Å²) in [5.74, 6) is 0.0572. The van der Waals surface area contributed by atoms with Gasteiger partial charge in [0.25, 0.3) is 5.91 Å². The summed E-state index contributed by atoms with van der Waals surface area (Å²) >= 11 is 1.41. The molecule has 1 fully saturated rings. The van der Waals surface area contributed by atoms with E-state index < -0.39 is 11.9 Å². The zero-order valence-corrected chi connectivity index (χ0v) is 22.1. The summed E-state index contributed by atoms with van der Waals surface area (Å²) in [7, 11) is 0. The van der Waals surface area contributed by atoms with Crippen molar-refractivity contribution < 1.29 is 19.1 Å². The molecule has 1 aliphatic rings. The number of carbonyl (C=O) groups is 3. The Hall–Kier alpha value is -4.18. The fourth-order valence-corrected chi connectivity index (χ4v) is 5.29. The van der Waals surface area contributed by atoms with Crippen molar-refractivity contribution in [1.29, 1.82) is 5.41 Å². The third-order valence-electron chi connectivity index (χ3n) is 6.69. The summed E-state index contributed by atoms with van der Waals surface area (Å²) in [5, 5.41) is 14.9.